The summed E-state index contributed by atoms with van der Waals surface area (Å²) in [5, 5.41) is 4.45. The second-order valence-electron chi connectivity index (χ2n) is 8.15. The standard InChI is InChI=1S/C18H19N3O2.C10H14O/c1-4-5-16(22)14-11-18-19-9-8-15(21(18)20-14)13-7-6-12(2)17(10-13)23-3;1-3-8-11-10-6-4-9(2)5-7-10/h6-11H,4-5H2,1-3H3;4-7H,3,8H2,1-2H3. The lowest BCUT2D eigenvalue weighted by Crippen LogP contribution is -2.01. The van der Waals surface area contributed by atoms with Crippen LogP contribution in [-0.2, 0) is 0 Å². The number of carbonyl (C=O) groups is 1. The number of ketones is 1. The van der Waals surface area contributed by atoms with E-state index in [-0.39, 0.29) is 5.78 Å². The second-order valence-corrected chi connectivity index (χ2v) is 8.15. The lowest BCUT2D eigenvalue weighted by atomic mass is 10.1. The van der Waals surface area contributed by atoms with Crippen LogP contribution in [0.4, 0.5) is 0 Å². The number of hydrogen-bond acceptors (Lipinski definition) is 5. The van der Waals surface area contributed by atoms with Gasteiger partial charge in [-0.05, 0) is 56.5 Å². The summed E-state index contributed by atoms with van der Waals surface area (Å²) in [6.07, 6.45) is 4.10. The van der Waals surface area contributed by atoms with Crippen LogP contribution < -0.4 is 9.47 Å². The van der Waals surface area contributed by atoms with Crippen LogP contribution in [0.5, 0.6) is 11.5 Å². The van der Waals surface area contributed by atoms with E-state index in [0.717, 1.165) is 47.8 Å². The van der Waals surface area contributed by atoms with E-state index in [2.05, 4.69) is 36.1 Å². The van der Waals surface area contributed by atoms with Crippen LogP contribution in [0.25, 0.3) is 16.9 Å². The summed E-state index contributed by atoms with van der Waals surface area (Å²) in [7, 11) is 1.66. The molecular formula is C28H33N3O3. The molecule has 0 saturated heterocycles. The first-order valence-electron chi connectivity index (χ1n) is 11.7. The van der Waals surface area contributed by atoms with Gasteiger partial charge in [-0.1, -0.05) is 43.7 Å². The minimum atomic E-state index is 0.0467. The van der Waals surface area contributed by atoms with E-state index in [1.54, 1.807) is 23.9 Å². The maximum Gasteiger partial charge on any atom is 0.183 e. The van der Waals surface area contributed by atoms with E-state index in [4.69, 9.17) is 9.47 Å². The number of nitrogens with zero attached hydrogens (tertiary/aromatic N) is 3. The highest BCUT2D eigenvalue weighted by molar-refractivity contribution is 5.95. The number of aryl methyl sites for hydroxylation is 2. The van der Waals surface area contributed by atoms with Crippen molar-refractivity contribution in [1.82, 2.24) is 14.6 Å². The van der Waals surface area contributed by atoms with Crippen LogP contribution in [0.15, 0.2) is 60.8 Å². The number of carbonyl (C=O) groups excluding carboxylic acids is 1. The van der Waals surface area contributed by atoms with E-state index in [0.29, 0.717) is 17.8 Å². The molecule has 0 bridgehead atoms. The van der Waals surface area contributed by atoms with Gasteiger partial charge < -0.3 is 9.47 Å². The Hall–Kier alpha value is -3.67. The monoisotopic (exact) mass is 459 g/mol. The highest BCUT2D eigenvalue weighted by atomic mass is 16.5. The van der Waals surface area contributed by atoms with Crippen LogP contribution in [0.1, 0.15) is 54.7 Å². The predicted molar refractivity (Wildman–Crippen MR) is 136 cm³/mol. The van der Waals surface area contributed by atoms with Crippen molar-refractivity contribution in [3.05, 3.63) is 77.6 Å². The zero-order chi connectivity index (χ0) is 24.5. The van der Waals surface area contributed by atoms with Gasteiger partial charge in [0.25, 0.3) is 0 Å². The molecule has 178 valence electrons. The van der Waals surface area contributed by atoms with Gasteiger partial charge in [0.1, 0.15) is 17.2 Å². The Morgan fingerprint density at radius 2 is 1.74 bits per heavy atom. The van der Waals surface area contributed by atoms with Crippen molar-refractivity contribution in [1.29, 1.82) is 0 Å². The summed E-state index contributed by atoms with van der Waals surface area (Å²) >= 11 is 0. The minimum absolute atomic E-state index is 0.0467. The topological polar surface area (TPSA) is 65.7 Å². The number of Topliss-reactive ketones (excluding diaryl/α,β-unsaturated/α-hetero) is 1. The van der Waals surface area contributed by atoms with Crippen molar-refractivity contribution in [2.45, 2.75) is 47.0 Å². The van der Waals surface area contributed by atoms with Crippen molar-refractivity contribution < 1.29 is 14.3 Å². The Bertz CT molecular complexity index is 1230. The van der Waals surface area contributed by atoms with Crippen LogP contribution >= 0.6 is 0 Å². The van der Waals surface area contributed by atoms with E-state index >= 15 is 0 Å². The Morgan fingerprint density at radius 1 is 0.971 bits per heavy atom. The number of methoxy groups -OCH3 is 1. The SMILES string of the molecule is CCCC(=O)c1cc2nccc(-c3ccc(C)c(OC)c3)n2n1.CCCOc1ccc(C)cc1. The molecule has 0 radical (unpaired) electrons. The van der Waals surface area contributed by atoms with Gasteiger partial charge in [0.05, 0.1) is 19.4 Å². The van der Waals surface area contributed by atoms with E-state index in [1.165, 1.54) is 5.56 Å². The number of fused-ring (bicyclic) bond motifs is 1. The third-order valence-corrected chi connectivity index (χ3v) is 5.32. The van der Waals surface area contributed by atoms with Gasteiger partial charge in [0.15, 0.2) is 11.4 Å². The molecule has 2 heterocycles. The Morgan fingerprint density at radius 3 is 2.41 bits per heavy atom. The fraction of sp³-hybridized carbons (Fsp3) is 0.321. The van der Waals surface area contributed by atoms with Crippen molar-refractivity contribution in [3.8, 4) is 22.8 Å². The molecule has 0 saturated carbocycles. The third kappa shape index (κ3) is 6.22. The highest BCUT2D eigenvalue weighted by Crippen LogP contribution is 2.27. The molecule has 0 N–H and O–H groups in total. The maximum atomic E-state index is 12.1. The molecule has 0 fully saturated rings. The molecule has 2 aromatic heterocycles. The molecule has 0 spiro atoms. The Kier molecular flexibility index (Phi) is 8.79. The van der Waals surface area contributed by atoms with Gasteiger partial charge in [0.2, 0.25) is 0 Å². The van der Waals surface area contributed by atoms with Gasteiger partial charge in [-0.25, -0.2) is 9.50 Å². The molecule has 0 aliphatic rings. The minimum Gasteiger partial charge on any atom is -0.496 e. The van der Waals surface area contributed by atoms with Crippen LogP contribution in [0.3, 0.4) is 0 Å². The number of hydrogen-bond donors (Lipinski definition) is 0. The van der Waals surface area contributed by atoms with Crippen LogP contribution in [0, 0.1) is 13.8 Å². The summed E-state index contributed by atoms with van der Waals surface area (Å²) in [5.41, 5.74) is 5.32. The van der Waals surface area contributed by atoms with Crippen LogP contribution in [-0.4, -0.2) is 34.1 Å². The number of benzene rings is 2. The average Bonchev–Trinajstić information content (AvgIpc) is 3.29. The van der Waals surface area contributed by atoms with Crippen molar-refractivity contribution in [3.63, 3.8) is 0 Å². The number of ether oxygens (including phenoxy) is 2. The first-order valence-corrected chi connectivity index (χ1v) is 11.7. The summed E-state index contributed by atoms with van der Waals surface area (Å²) in [6, 6.07) is 17.8. The molecule has 0 aliphatic carbocycles. The Balaban J connectivity index is 0.000000248. The largest absolute Gasteiger partial charge is 0.496 e. The quantitative estimate of drug-likeness (QED) is 0.282. The van der Waals surface area contributed by atoms with E-state index in [9.17, 15) is 4.79 Å². The van der Waals surface area contributed by atoms with E-state index < -0.39 is 0 Å². The summed E-state index contributed by atoms with van der Waals surface area (Å²) in [4.78, 5) is 16.4. The number of rotatable bonds is 8. The second kappa shape index (κ2) is 12.0. The van der Waals surface area contributed by atoms with Gasteiger partial charge in [-0.3, -0.25) is 4.79 Å². The normalized spacial score (nSPS) is 10.5. The smallest absolute Gasteiger partial charge is 0.183 e. The van der Waals surface area contributed by atoms with E-state index in [1.807, 2.05) is 50.2 Å². The molecule has 34 heavy (non-hydrogen) atoms. The molecular weight excluding hydrogens is 426 g/mol. The fourth-order valence-corrected chi connectivity index (χ4v) is 3.44. The van der Waals surface area contributed by atoms with Crippen molar-refractivity contribution in [2.75, 3.05) is 13.7 Å². The zero-order valence-electron chi connectivity index (χ0n) is 20.7. The zero-order valence-corrected chi connectivity index (χ0v) is 20.7. The molecule has 4 rings (SSSR count). The molecule has 0 atom stereocenters. The molecule has 6 heteroatoms. The predicted octanol–water partition coefficient (Wildman–Crippen LogP) is 6.48. The fourth-order valence-electron chi connectivity index (χ4n) is 3.44. The van der Waals surface area contributed by atoms with Crippen molar-refractivity contribution >= 4 is 11.4 Å². The first kappa shape index (κ1) is 25.0. The molecule has 0 aliphatic heterocycles. The summed E-state index contributed by atoms with van der Waals surface area (Å²) < 4.78 is 12.5. The van der Waals surface area contributed by atoms with Gasteiger partial charge in [-0.15, -0.1) is 0 Å². The summed E-state index contributed by atoms with van der Waals surface area (Å²) in [5.74, 6) is 1.84. The molecule has 0 unspecified atom stereocenters. The molecule has 0 amide bonds. The molecule has 6 nitrogen and oxygen atoms in total. The lowest BCUT2D eigenvalue weighted by Gasteiger charge is -2.09. The third-order valence-electron chi connectivity index (χ3n) is 5.32. The van der Waals surface area contributed by atoms with Crippen molar-refractivity contribution in [2.24, 2.45) is 0 Å². The lowest BCUT2D eigenvalue weighted by molar-refractivity contribution is 0.0976. The highest BCUT2D eigenvalue weighted by Gasteiger charge is 2.14. The molecule has 4 aromatic rings. The first-order chi connectivity index (χ1) is 16.5. The summed E-state index contributed by atoms with van der Waals surface area (Å²) in [6.45, 7) is 8.97. The van der Waals surface area contributed by atoms with Gasteiger partial charge >= 0.3 is 0 Å². The Labute approximate surface area is 201 Å². The van der Waals surface area contributed by atoms with Gasteiger partial charge in [-0.2, -0.15) is 5.10 Å². The van der Waals surface area contributed by atoms with Crippen LogP contribution in [0.2, 0.25) is 0 Å². The number of aromatic nitrogens is 3. The molecule has 2 aromatic carbocycles. The maximum absolute atomic E-state index is 12.1. The van der Waals surface area contributed by atoms with Gasteiger partial charge in [0, 0.05) is 24.2 Å². The average molecular weight is 460 g/mol.